The molecule has 0 aliphatic carbocycles. The summed E-state index contributed by atoms with van der Waals surface area (Å²) in [6.45, 7) is 0. The molecule has 3 rings (SSSR count). The first-order chi connectivity index (χ1) is 7.75. The van der Waals surface area contributed by atoms with Gasteiger partial charge in [0.15, 0.2) is 0 Å². The van der Waals surface area contributed by atoms with Gasteiger partial charge in [-0.1, -0.05) is 30.3 Å². The zero-order valence-electron chi connectivity index (χ0n) is 8.46. The molecule has 0 saturated heterocycles. The molecule has 6 nitrogen and oxygen atoms in total. The van der Waals surface area contributed by atoms with E-state index >= 15 is 0 Å². The Labute approximate surface area is 91.1 Å². The van der Waals surface area contributed by atoms with E-state index in [1.807, 2.05) is 36.5 Å². The number of nitrogens with zero attached hydrogens (tertiary/aromatic N) is 3. The summed E-state index contributed by atoms with van der Waals surface area (Å²) in [6, 6.07) is 9.88. The van der Waals surface area contributed by atoms with E-state index in [4.69, 9.17) is 11.6 Å². The molecule has 0 bridgehead atoms. The van der Waals surface area contributed by atoms with Gasteiger partial charge < -0.3 is 11.6 Å². The smallest absolute Gasteiger partial charge is 0.318 e. The fourth-order valence-electron chi connectivity index (χ4n) is 1.66. The lowest BCUT2D eigenvalue weighted by molar-refractivity contribution is -0.599. The molecule has 2 aromatic heterocycles. The van der Waals surface area contributed by atoms with Crippen LogP contribution in [0.1, 0.15) is 0 Å². The maximum Gasteiger partial charge on any atom is 0.377 e. The summed E-state index contributed by atoms with van der Waals surface area (Å²) in [5, 5.41) is 2.89. The first-order valence-corrected chi connectivity index (χ1v) is 4.85. The van der Waals surface area contributed by atoms with Crippen molar-refractivity contribution in [2.45, 2.75) is 0 Å². The molecule has 6 heteroatoms. The Balaban J connectivity index is 2.20. The first kappa shape index (κ1) is 8.78. The Kier molecular flexibility index (Phi) is 1.64. The number of imidazole rings is 1. The number of aromatic nitrogens is 4. The Bertz CT molecular complexity index is 636. The Hall–Kier alpha value is -2.50. The minimum Gasteiger partial charge on any atom is -0.318 e. The predicted octanol–water partition coefficient (Wildman–Crippen LogP) is -0.0871. The Morgan fingerprint density at radius 1 is 1.25 bits per heavy atom. The zero-order chi connectivity index (χ0) is 11.1. The number of H-pyrrole nitrogens is 1. The Morgan fingerprint density at radius 2 is 2.00 bits per heavy atom. The van der Waals surface area contributed by atoms with Crippen molar-refractivity contribution in [1.29, 1.82) is 0 Å². The van der Waals surface area contributed by atoms with Gasteiger partial charge in [-0.05, 0) is 0 Å². The number of hydrogen-bond acceptors (Lipinski definition) is 3. The monoisotopic (exact) mass is 215 g/mol. The summed E-state index contributed by atoms with van der Waals surface area (Å²) in [7, 11) is 0. The lowest BCUT2D eigenvalue weighted by Gasteiger charge is -1.91. The topological polar surface area (TPSA) is 89.0 Å². The van der Waals surface area contributed by atoms with Crippen LogP contribution in [0.2, 0.25) is 0 Å². The third kappa shape index (κ3) is 1.13. The van der Waals surface area contributed by atoms with Crippen molar-refractivity contribution in [1.82, 2.24) is 14.6 Å². The van der Waals surface area contributed by atoms with Crippen LogP contribution in [0.4, 0.5) is 5.95 Å². The lowest BCUT2D eigenvalue weighted by atomic mass is 10.2. The molecule has 3 aromatic rings. The molecule has 0 atom stereocenters. The van der Waals surface area contributed by atoms with Crippen molar-refractivity contribution in [3.63, 3.8) is 0 Å². The summed E-state index contributed by atoms with van der Waals surface area (Å²) < 4.78 is 3.00. The first-order valence-electron chi connectivity index (χ1n) is 4.85. The van der Waals surface area contributed by atoms with Gasteiger partial charge in [0.1, 0.15) is 11.9 Å². The molecule has 0 saturated carbocycles. The van der Waals surface area contributed by atoms with Gasteiger partial charge in [-0.25, -0.2) is 0 Å². The van der Waals surface area contributed by atoms with Crippen LogP contribution in [0.3, 0.4) is 0 Å². The van der Waals surface area contributed by atoms with Crippen LogP contribution in [-0.4, -0.2) is 14.6 Å². The fourth-order valence-corrected chi connectivity index (χ4v) is 1.66. The lowest BCUT2D eigenvalue weighted by Crippen LogP contribution is -2.46. The molecule has 0 fully saturated rings. The number of anilines is 1. The van der Waals surface area contributed by atoms with E-state index in [1.54, 1.807) is 4.52 Å². The number of aromatic amines is 1. The van der Waals surface area contributed by atoms with Crippen LogP contribution in [-0.2, 0) is 0 Å². The maximum atomic E-state index is 5.71. The van der Waals surface area contributed by atoms with E-state index in [0.717, 1.165) is 11.3 Å². The van der Waals surface area contributed by atoms with Crippen molar-refractivity contribution in [3.8, 4) is 11.3 Å². The SMILES string of the molecule is Nc1[nH]n2cc(-c3ccccc3)nc2[n+]1N. The molecule has 16 heavy (non-hydrogen) atoms. The number of nitrogen functional groups attached to an aromatic ring is 2. The number of fused-ring (bicyclic) bond motifs is 1. The van der Waals surface area contributed by atoms with Gasteiger partial charge in [-0.15, -0.1) is 14.2 Å². The highest BCUT2D eigenvalue weighted by molar-refractivity contribution is 5.60. The van der Waals surface area contributed by atoms with E-state index in [2.05, 4.69) is 10.1 Å². The highest BCUT2D eigenvalue weighted by atomic mass is 15.5. The molecule has 5 N–H and O–H groups in total. The largest absolute Gasteiger partial charge is 0.377 e. The van der Waals surface area contributed by atoms with Gasteiger partial charge in [-0.2, -0.15) is 5.10 Å². The van der Waals surface area contributed by atoms with Gasteiger partial charge in [0, 0.05) is 5.56 Å². The van der Waals surface area contributed by atoms with Crippen molar-refractivity contribution in [2.75, 3.05) is 11.6 Å². The molecule has 0 aliphatic heterocycles. The molecule has 0 amide bonds. The van der Waals surface area contributed by atoms with Crippen LogP contribution >= 0.6 is 0 Å². The average molecular weight is 215 g/mol. The molecule has 0 radical (unpaired) electrons. The van der Waals surface area contributed by atoms with Crippen molar-refractivity contribution >= 4 is 11.7 Å². The van der Waals surface area contributed by atoms with E-state index in [9.17, 15) is 0 Å². The zero-order valence-corrected chi connectivity index (χ0v) is 8.46. The molecule has 2 heterocycles. The summed E-state index contributed by atoms with van der Waals surface area (Å²) in [5.74, 6) is 6.65. The molecular weight excluding hydrogens is 204 g/mol. The van der Waals surface area contributed by atoms with Crippen LogP contribution in [0.5, 0.6) is 0 Å². The number of benzene rings is 1. The van der Waals surface area contributed by atoms with Crippen molar-refractivity contribution < 1.29 is 4.68 Å². The minimum absolute atomic E-state index is 0.363. The van der Waals surface area contributed by atoms with Crippen LogP contribution in [0.25, 0.3) is 17.0 Å². The van der Waals surface area contributed by atoms with E-state index < -0.39 is 0 Å². The molecule has 0 aliphatic rings. The van der Waals surface area contributed by atoms with Gasteiger partial charge in [0.2, 0.25) is 0 Å². The second-order valence-corrected chi connectivity index (χ2v) is 3.53. The second kappa shape index (κ2) is 2.99. The van der Waals surface area contributed by atoms with Gasteiger partial charge >= 0.3 is 11.7 Å². The molecule has 0 spiro atoms. The summed E-state index contributed by atoms with van der Waals surface area (Å²) in [6.07, 6.45) is 1.85. The number of nitrogens with two attached hydrogens (primary N) is 2. The summed E-state index contributed by atoms with van der Waals surface area (Å²) >= 11 is 0. The van der Waals surface area contributed by atoms with Gasteiger partial charge in [-0.3, -0.25) is 0 Å². The third-order valence-electron chi connectivity index (χ3n) is 2.47. The molecule has 80 valence electrons. The predicted molar refractivity (Wildman–Crippen MR) is 59.7 cm³/mol. The Morgan fingerprint density at radius 3 is 2.69 bits per heavy atom. The van der Waals surface area contributed by atoms with Gasteiger partial charge in [0.05, 0.1) is 0 Å². The average Bonchev–Trinajstić information content (AvgIpc) is 2.82. The van der Waals surface area contributed by atoms with E-state index in [0.29, 0.717) is 11.7 Å². The van der Waals surface area contributed by atoms with Gasteiger partial charge in [0.25, 0.3) is 0 Å². The standard InChI is InChI=1S/C10H10N6/c11-9-14-15-6-8(13-10(15)16(9)12)7-4-2-1-3-5-7/h1-6H,12H2,(H2,11,14)/p+1. The quantitative estimate of drug-likeness (QED) is 0.391. The second-order valence-electron chi connectivity index (χ2n) is 3.53. The maximum absolute atomic E-state index is 5.71. The van der Waals surface area contributed by atoms with Crippen LogP contribution in [0, 0.1) is 0 Å². The summed E-state index contributed by atoms with van der Waals surface area (Å²) in [4.78, 5) is 4.39. The van der Waals surface area contributed by atoms with Crippen LogP contribution in [0.15, 0.2) is 36.5 Å². The minimum atomic E-state index is 0.363. The highest BCUT2D eigenvalue weighted by Gasteiger charge is 2.16. The molecular formula is C10H11N6+. The molecule has 1 aromatic carbocycles. The van der Waals surface area contributed by atoms with Crippen molar-refractivity contribution in [2.24, 2.45) is 0 Å². The molecule has 0 unspecified atom stereocenters. The normalized spacial score (nSPS) is 11.0. The van der Waals surface area contributed by atoms with Crippen molar-refractivity contribution in [3.05, 3.63) is 36.5 Å². The highest BCUT2D eigenvalue weighted by Crippen LogP contribution is 2.16. The number of rotatable bonds is 1. The number of hydrogen-bond donors (Lipinski definition) is 3. The summed E-state index contributed by atoms with van der Waals surface area (Å²) in [5.41, 5.74) is 7.50. The van der Waals surface area contributed by atoms with E-state index in [1.165, 1.54) is 4.68 Å². The third-order valence-corrected chi connectivity index (χ3v) is 2.47. The fraction of sp³-hybridized carbons (Fsp3) is 0. The number of nitrogens with one attached hydrogen (secondary N) is 1. The van der Waals surface area contributed by atoms with E-state index in [-0.39, 0.29) is 0 Å². The van der Waals surface area contributed by atoms with Crippen LogP contribution < -0.4 is 16.3 Å².